The molecular formula is C65H101NO26. The van der Waals surface area contributed by atoms with Crippen LogP contribution in [0.15, 0.2) is 47.6 Å². The molecule has 1 amide bonds. The van der Waals surface area contributed by atoms with E-state index in [1.165, 1.54) is 34.1 Å². The number of piperidine rings is 1. The first kappa shape index (κ1) is 76.5. The molecule has 522 valence electrons. The van der Waals surface area contributed by atoms with Crippen LogP contribution in [0.5, 0.6) is 0 Å². The zero-order chi connectivity index (χ0) is 67.9. The van der Waals surface area contributed by atoms with Gasteiger partial charge >= 0.3 is 12.1 Å². The summed E-state index contributed by atoms with van der Waals surface area (Å²) in [5.41, 5.74) is 0.862. The van der Waals surface area contributed by atoms with Crippen LogP contribution in [0.25, 0.3) is 0 Å². The van der Waals surface area contributed by atoms with Crippen LogP contribution in [0.3, 0.4) is 0 Å². The highest BCUT2D eigenvalue weighted by Gasteiger charge is 2.57. The Morgan fingerprint density at radius 3 is 2.18 bits per heavy atom. The predicted octanol–water partition coefficient (Wildman–Crippen LogP) is 1.94. The summed E-state index contributed by atoms with van der Waals surface area (Å²) in [5.74, 6) is -13.0. The van der Waals surface area contributed by atoms with E-state index in [0.29, 0.717) is 51.4 Å². The van der Waals surface area contributed by atoms with Gasteiger partial charge in [-0.15, -0.1) is 0 Å². The highest BCUT2D eigenvalue weighted by molar-refractivity contribution is 6.39. The maximum atomic E-state index is 14.8. The fourth-order valence-electron chi connectivity index (χ4n) is 13.3. The average molecular weight is 1310 g/mol. The highest BCUT2D eigenvalue weighted by Crippen LogP contribution is 2.39. The third-order valence-corrected chi connectivity index (χ3v) is 19.0. The molecule has 2 bridgehead atoms. The van der Waals surface area contributed by atoms with Gasteiger partial charge in [0.15, 0.2) is 36.7 Å². The Kier molecular flexibility index (Phi) is 29.1. The van der Waals surface area contributed by atoms with Crippen molar-refractivity contribution in [3.05, 3.63) is 47.6 Å². The van der Waals surface area contributed by atoms with Gasteiger partial charge in [0, 0.05) is 58.5 Å². The zero-order valence-corrected chi connectivity index (χ0v) is 54.6. The number of carbonyl (C=O) groups excluding carboxylic acids is 6. The van der Waals surface area contributed by atoms with Crippen molar-refractivity contribution < 1.29 is 127 Å². The molecule has 6 aliphatic rings. The van der Waals surface area contributed by atoms with Crippen molar-refractivity contribution in [2.24, 2.45) is 35.5 Å². The number of hydrogen-bond donors (Lipinski definition) is 9. The second-order valence-corrected chi connectivity index (χ2v) is 25.9. The van der Waals surface area contributed by atoms with Crippen molar-refractivity contribution in [2.75, 3.05) is 54.3 Å². The average Bonchev–Trinajstić information content (AvgIpc) is 0.831. The number of esters is 1. The van der Waals surface area contributed by atoms with E-state index in [9.17, 15) is 74.7 Å². The van der Waals surface area contributed by atoms with Crippen LogP contribution < -0.4 is 0 Å². The van der Waals surface area contributed by atoms with Crippen molar-refractivity contribution in [1.82, 2.24) is 4.90 Å². The fourth-order valence-corrected chi connectivity index (χ4v) is 13.3. The molecule has 1 aliphatic carbocycles. The van der Waals surface area contributed by atoms with Gasteiger partial charge in [-0.05, 0) is 107 Å². The van der Waals surface area contributed by atoms with E-state index in [2.05, 4.69) is 0 Å². The molecule has 0 spiro atoms. The van der Waals surface area contributed by atoms with E-state index in [4.69, 9.17) is 52.1 Å². The molecule has 9 N–H and O–H groups in total. The number of hydrogen-bond acceptors (Lipinski definition) is 26. The van der Waals surface area contributed by atoms with Crippen LogP contribution in [0.2, 0.25) is 0 Å². The molecule has 5 fully saturated rings. The molecule has 4 saturated heterocycles. The molecule has 92 heavy (non-hydrogen) atoms. The first-order valence-electron chi connectivity index (χ1n) is 32.2. The summed E-state index contributed by atoms with van der Waals surface area (Å²) in [6.07, 6.45) is -9.10. The molecule has 5 heterocycles. The summed E-state index contributed by atoms with van der Waals surface area (Å²) < 4.78 is 63.5. The molecule has 5 aliphatic heterocycles. The number of carbonyl (C=O) groups is 6. The van der Waals surface area contributed by atoms with Gasteiger partial charge in [0.2, 0.25) is 5.79 Å². The Bertz CT molecular complexity index is 2580. The lowest BCUT2D eigenvalue weighted by atomic mass is 9.78. The number of ketones is 3. The molecular weight excluding hydrogens is 1210 g/mol. The Labute approximate surface area is 537 Å². The lowest BCUT2D eigenvalue weighted by molar-refractivity contribution is -0.381. The number of rotatable bonds is 14. The third kappa shape index (κ3) is 18.9. The van der Waals surface area contributed by atoms with Gasteiger partial charge < -0.3 is 103 Å². The van der Waals surface area contributed by atoms with Crippen LogP contribution >= 0.6 is 0 Å². The van der Waals surface area contributed by atoms with Crippen LogP contribution in [0.4, 0.5) is 4.79 Å². The minimum atomic E-state index is -2.78. The van der Waals surface area contributed by atoms with Crippen molar-refractivity contribution in [3.63, 3.8) is 0 Å². The normalized spacial score (nSPS) is 42.1. The van der Waals surface area contributed by atoms with E-state index in [1.54, 1.807) is 39.2 Å². The van der Waals surface area contributed by atoms with Gasteiger partial charge in [0.25, 0.3) is 17.5 Å². The van der Waals surface area contributed by atoms with E-state index in [0.717, 1.165) is 10.5 Å². The van der Waals surface area contributed by atoms with Gasteiger partial charge in [-0.1, -0.05) is 71.1 Å². The molecule has 0 aromatic rings. The minimum Gasteiger partial charge on any atom is -0.460 e. The van der Waals surface area contributed by atoms with E-state index < -0.39 is 176 Å². The molecule has 0 radical (unpaired) electrons. The van der Waals surface area contributed by atoms with Crippen molar-refractivity contribution in [3.8, 4) is 0 Å². The van der Waals surface area contributed by atoms with Gasteiger partial charge in [0.05, 0.1) is 44.2 Å². The Hall–Kier alpha value is -4.50. The number of ether oxygens (including phenoxy) is 11. The minimum absolute atomic E-state index is 0.00743. The largest absolute Gasteiger partial charge is 0.511 e. The molecule has 24 atom stereocenters. The van der Waals surface area contributed by atoms with Gasteiger partial charge in [-0.3, -0.25) is 19.2 Å². The van der Waals surface area contributed by atoms with Crippen molar-refractivity contribution in [1.29, 1.82) is 0 Å². The molecule has 4 unspecified atom stereocenters. The number of Topliss-reactive ketones (excluding diaryl/α,β-unsaturated/α-hetero) is 3. The molecule has 27 nitrogen and oxygen atoms in total. The molecule has 27 heteroatoms. The number of methoxy groups -OCH3 is 3. The van der Waals surface area contributed by atoms with E-state index in [1.807, 2.05) is 32.9 Å². The maximum Gasteiger partial charge on any atom is 0.511 e. The van der Waals surface area contributed by atoms with Gasteiger partial charge in [-0.2, -0.15) is 0 Å². The number of aliphatic hydroxyl groups is 9. The lowest BCUT2D eigenvalue weighted by Gasteiger charge is -2.46. The van der Waals surface area contributed by atoms with Crippen LogP contribution in [-0.2, 0) is 76.1 Å². The number of amides is 1. The highest BCUT2D eigenvalue weighted by atomic mass is 16.8. The number of cyclic esters (lactones) is 1. The predicted molar refractivity (Wildman–Crippen MR) is 323 cm³/mol. The maximum absolute atomic E-state index is 14.8. The molecule has 1 saturated carbocycles. The monoisotopic (exact) mass is 1310 g/mol. The van der Waals surface area contributed by atoms with Crippen LogP contribution in [0.1, 0.15) is 126 Å². The third-order valence-electron chi connectivity index (χ3n) is 19.0. The smallest absolute Gasteiger partial charge is 0.460 e. The summed E-state index contributed by atoms with van der Waals surface area (Å²) in [5, 5.41) is 95.5. The topological polar surface area (TPSA) is 389 Å². The summed E-state index contributed by atoms with van der Waals surface area (Å²) in [4.78, 5) is 88.6. The van der Waals surface area contributed by atoms with E-state index in [-0.39, 0.29) is 68.6 Å². The second kappa shape index (κ2) is 35.0. The second-order valence-electron chi connectivity index (χ2n) is 25.9. The fraction of sp³-hybridized carbons (Fsp3) is 0.785. The quantitative estimate of drug-likeness (QED) is 0.0681. The Balaban J connectivity index is 1.35. The first-order valence-corrected chi connectivity index (χ1v) is 32.2. The molecule has 6 rings (SSSR count). The van der Waals surface area contributed by atoms with Crippen LogP contribution in [0, 0.1) is 35.5 Å². The summed E-state index contributed by atoms with van der Waals surface area (Å²) in [6.45, 7) is 9.69. The Morgan fingerprint density at radius 2 is 1.51 bits per heavy atom. The number of aliphatic hydroxyl groups excluding tert-OH is 8. The number of allylic oxidation sites excluding steroid dienone is 6. The van der Waals surface area contributed by atoms with Gasteiger partial charge in [0.1, 0.15) is 55.1 Å². The SMILES string of the molecule is CO[C@H]1C[C@@H]2CC[C@@H](C)[C@@](O)(O2)C(=O)C(=O)N2CCCCC2C(=O)O[C@H]([C@H](C)CC2CC[C@@H](OCCO)[C@H](OC)C2)CC(=O)[C@H](C)/C=C(\C)[C@@H](OC(=O)O[C@]2(CO)OCC(OC3O[C@H](O)[C@@H](O)[C@H](O)[C@H]3O)[C@H](O)[C@H]2O)[C@@H](OC)C(=O)[C@H](C)C[C@H](C)/C=C/C=C/C=C/1C. The van der Waals surface area contributed by atoms with Gasteiger partial charge in [-0.25, -0.2) is 9.59 Å². The van der Waals surface area contributed by atoms with Crippen molar-refractivity contribution >= 4 is 35.4 Å². The summed E-state index contributed by atoms with van der Waals surface area (Å²) in [6, 6.07) is -1.29. The summed E-state index contributed by atoms with van der Waals surface area (Å²) in [7, 11) is 4.30. The summed E-state index contributed by atoms with van der Waals surface area (Å²) >= 11 is 0. The van der Waals surface area contributed by atoms with Crippen molar-refractivity contribution in [2.45, 2.75) is 235 Å². The van der Waals surface area contributed by atoms with Crippen LogP contribution in [-0.4, -0.2) is 250 Å². The first-order chi connectivity index (χ1) is 43.6. The van der Waals surface area contributed by atoms with E-state index >= 15 is 0 Å². The standard InChI is InChI=1S/C65H101NO26/c1-34-16-12-11-13-17-35(2)46(82-8)30-42-21-19-40(7)65(81,91-42)58(76)59(77)66-23-15-14-18-43(66)60(78)87-47(37(4)28-41-20-22-45(85-25-24-67)48(29-41)83-9)31-44(69)36(3)27-39(6)55(56(84-10)50(70)38(5)26-34)89-63(80)92-64(33-68)57(75)51(71)49(32-86-64)88-62-54(74)52(72)53(73)61(79)90-62/h11-13,16-17,27,34,36-38,40-43,45-49,51-57,61-62,67-68,71-75,79,81H,14-15,18-26,28-33H2,1-10H3/b13-11+,16-12+,35-17+,39-27+/t34-,36-,37-,38-,40-,41?,42+,43?,45-,46+,47+,48-,49?,51+,52+,53+,54-,55-,56+,57-,61+,62?,64+,65-/m1/s1. The lowest BCUT2D eigenvalue weighted by Crippen LogP contribution is -2.66. The zero-order valence-electron chi connectivity index (χ0n) is 54.6. The number of nitrogens with zero attached hydrogens (tertiary/aromatic N) is 1. The molecule has 0 aromatic carbocycles. The molecule has 0 aromatic heterocycles. The Morgan fingerprint density at radius 1 is 0.783 bits per heavy atom. The number of fused-ring (bicyclic) bond motifs is 3.